The predicted octanol–water partition coefficient (Wildman–Crippen LogP) is 2.42. The Morgan fingerprint density at radius 1 is 1.26 bits per heavy atom. The van der Waals surface area contributed by atoms with E-state index < -0.39 is 0 Å². The Labute approximate surface area is 135 Å². The van der Waals surface area contributed by atoms with Gasteiger partial charge in [0.2, 0.25) is 0 Å². The number of anilines is 1. The van der Waals surface area contributed by atoms with E-state index in [2.05, 4.69) is 10.3 Å². The van der Waals surface area contributed by atoms with Crippen molar-refractivity contribution in [1.29, 1.82) is 0 Å². The molecule has 0 unspecified atom stereocenters. The van der Waals surface area contributed by atoms with Gasteiger partial charge in [0.1, 0.15) is 5.69 Å². The van der Waals surface area contributed by atoms with Gasteiger partial charge in [0.15, 0.2) is 0 Å². The van der Waals surface area contributed by atoms with Crippen LogP contribution in [0.2, 0.25) is 0 Å². The summed E-state index contributed by atoms with van der Waals surface area (Å²) in [4.78, 5) is 30.6. The number of carbonyl (C=O) groups is 2. The molecule has 2 amide bonds. The quantitative estimate of drug-likeness (QED) is 0.943. The molecule has 0 aliphatic carbocycles. The van der Waals surface area contributed by atoms with Crippen LogP contribution in [0.1, 0.15) is 39.8 Å². The largest absolute Gasteiger partial charge is 0.352 e. The molecule has 1 aliphatic heterocycles. The fourth-order valence-electron chi connectivity index (χ4n) is 2.72. The third-order valence-corrected chi connectivity index (χ3v) is 3.91. The van der Waals surface area contributed by atoms with Crippen molar-refractivity contribution in [3.63, 3.8) is 0 Å². The first-order chi connectivity index (χ1) is 11.2. The highest BCUT2D eigenvalue weighted by Crippen LogP contribution is 2.28. The van der Waals surface area contributed by atoms with Crippen LogP contribution in [-0.4, -0.2) is 29.9 Å². The Kier molecular flexibility index (Phi) is 4.37. The molecule has 0 spiro atoms. The van der Waals surface area contributed by atoms with Crippen molar-refractivity contribution in [3.8, 4) is 0 Å². The van der Waals surface area contributed by atoms with E-state index in [-0.39, 0.29) is 11.8 Å². The van der Waals surface area contributed by atoms with Crippen molar-refractivity contribution in [1.82, 2.24) is 10.3 Å². The minimum atomic E-state index is -0.176. The van der Waals surface area contributed by atoms with E-state index in [1.165, 1.54) is 6.20 Å². The number of amides is 2. The fraction of sp³-hybridized carbons (Fsp3) is 0.278. The highest BCUT2D eigenvalue weighted by Gasteiger charge is 2.26. The van der Waals surface area contributed by atoms with Gasteiger partial charge in [-0.25, -0.2) is 0 Å². The lowest BCUT2D eigenvalue weighted by Crippen LogP contribution is -2.30. The molecule has 2 heterocycles. The van der Waals surface area contributed by atoms with Crippen molar-refractivity contribution >= 4 is 17.5 Å². The number of para-hydroxylation sites is 1. The van der Waals surface area contributed by atoms with Crippen molar-refractivity contribution in [2.75, 3.05) is 18.0 Å². The molecule has 1 aliphatic rings. The van der Waals surface area contributed by atoms with Crippen LogP contribution < -0.4 is 10.2 Å². The second-order valence-corrected chi connectivity index (χ2v) is 5.52. The van der Waals surface area contributed by atoms with Gasteiger partial charge in [-0.15, -0.1) is 0 Å². The van der Waals surface area contributed by atoms with E-state index in [4.69, 9.17) is 0 Å². The number of hydrogen-bond acceptors (Lipinski definition) is 3. The Hall–Kier alpha value is -2.69. The average Bonchev–Trinajstić information content (AvgIpc) is 3.03. The Morgan fingerprint density at radius 2 is 2.09 bits per heavy atom. The van der Waals surface area contributed by atoms with E-state index in [1.807, 2.05) is 31.2 Å². The van der Waals surface area contributed by atoms with Crippen LogP contribution in [0, 0.1) is 0 Å². The summed E-state index contributed by atoms with van der Waals surface area (Å²) >= 11 is 0. The molecule has 2 aromatic rings. The summed E-state index contributed by atoms with van der Waals surface area (Å²) in [5, 5.41) is 2.81. The summed E-state index contributed by atoms with van der Waals surface area (Å²) in [6.07, 6.45) is 3.22. The summed E-state index contributed by atoms with van der Waals surface area (Å²) in [5.41, 5.74) is 2.85. The number of carbonyl (C=O) groups excluding carboxylic acids is 2. The number of nitrogens with one attached hydrogen (secondary N) is 1. The highest BCUT2D eigenvalue weighted by molar-refractivity contribution is 6.07. The molecule has 118 valence electrons. The maximum atomic E-state index is 12.7. The second kappa shape index (κ2) is 6.60. The Balaban J connectivity index is 1.82. The molecular formula is C18H19N3O2. The van der Waals surface area contributed by atoms with Gasteiger partial charge in [0.25, 0.3) is 11.8 Å². The van der Waals surface area contributed by atoms with E-state index in [1.54, 1.807) is 17.0 Å². The van der Waals surface area contributed by atoms with E-state index in [0.29, 0.717) is 24.3 Å². The molecule has 0 radical (unpaired) electrons. The molecule has 0 saturated carbocycles. The predicted molar refractivity (Wildman–Crippen MR) is 88.7 cm³/mol. The lowest BCUT2D eigenvalue weighted by atomic mass is 10.1. The molecule has 5 nitrogen and oxygen atoms in total. The zero-order valence-corrected chi connectivity index (χ0v) is 13.1. The number of pyridine rings is 1. The smallest absolute Gasteiger partial charge is 0.276 e. The summed E-state index contributed by atoms with van der Waals surface area (Å²) in [7, 11) is 0. The lowest BCUT2D eigenvalue weighted by Gasteiger charge is -2.17. The maximum absolute atomic E-state index is 12.7. The number of benzene rings is 1. The minimum Gasteiger partial charge on any atom is -0.352 e. The van der Waals surface area contributed by atoms with Crippen LogP contribution in [0.25, 0.3) is 0 Å². The topological polar surface area (TPSA) is 62.3 Å². The maximum Gasteiger partial charge on any atom is 0.276 e. The van der Waals surface area contributed by atoms with Crippen LogP contribution in [0.4, 0.5) is 5.69 Å². The molecule has 0 fully saturated rings. The molecular weight excluding hydrogens is 290 g/mol. The molecule has 1 aromatic heterocycles. The molecule has 0 bridgehead atoms. The lowest BCUT2D eigenvalue weighted by molar-refractivity contribution is 0.0953. The average molecular weight is 309 g/mol. The molecule has 0 saturated heterocycles. The Morgan fingerprint density at radius 3 is 2.91 bits per heavy atom. The number of fused-ring (bicyclic) bond motifs is 1. The normalized spacial score (nSPS) is 12.8. The van der Waals surface area contributed by atoms with Crippen LogP contribution in [0.15, 0.2) is 42.6 Å². The van der Waals surface area contributed by atoms with Crippen molar-refractivity contribution in [3.05, 3.63) is 59.4 Å². The fourth-order valence-corrected chi connectivity index (χ4v) is 2.72. The summed E-state index contributed by atoms with van der Waals surface area (Å²) < 4.78 is 0. The van der Waals surface area contributed by atoms with Gasteiger partial charge in [0.05, 0.1) is 0 Å². The van der Waals surface area contributed by atoms with Gasteiger partial charge in [0, 0.05) is 30.5 Å². The highest BCUT2D eigenvalue weighted by atomic mass is 16.2. The van der Waals surface area contributed by atoms with Crippen LogP contribution in [-0.2, 0) is 6.42 Å². The van der Waals surface area contributed by atoms with E-state index in [9.17, 15) is 9.59 Å². The third-order valence-electron chi connectivity index (χ3n) is 3.91. The first-order valence-electron chi connectivity index (χ1n) is 7.84. The molecule has 23 heavy (non-hydrogen) atoms. The zero-order valence-electron chi connectivity index (χ0n) is 13.1. The summed E-state index contributed by atoms with van der Waals surface area (Å²) in [6.45, 7) is 3.25. The van der Waals surface area contributed by atoms with Crippen LogP contribution in [0.5, 0.6) is 0 Å². The van der Waals surface area contributed by atoms with Gasteiger partial charge in [-0.3, -0.25) is 14.6 Å². The summed E-state index contributed by atoms with van der Waals surface area (Å²) in [6, 6.07) is 11.1. The van der Waals surface area contributed by atoms with Gasteiger partial charge in [-0.05, 0) is 36.6 Å². The van der Waals surface area contributed by atoms with Crippen LogP contribution >= 0.6 is 0 Å². The monoisotopic (exact) mass is 309 g/mol. The number of hydrogen-bond donors (Lipinski definition) is 1. The summed E-state index contributed by atoms with van der Waals surface area (Å²) in [5.74, 6) is -0.342. The standard InChI is InChI=1S/C18H19N3O2/c1-2-9-20-17(22)14-7-10-19-15(12-14)18(23)21-11-8-13-5-3-4-6-16(13)21/h3-7,10,12H,2,8-9,11H2,1H3,(H,20,22). The van der Waals surface area contributed by atoms with Crippen molar-refractivity contribution in [2.24, 2.45) is 0 Å². The first-order valence-corrected chi connectivity index (χ1v) is 7.84. The zero-order chi connectivity index (χ0) is 16.2. The van der Waals surface area contributed by atoms with E-state index >= 15 is 0 Å². The molecule has 1 N–H and O–H groups in total. The first kappa shape index (κ1) is 15.2. The molecule has 1 aromatic carbocycles. The number of rotatable bonds is 4. The molecule has 0 atom stereocenters. The van der Waals surface area contributed by atoms with Gasteiger partial charge in [-0.2, -0.15) is 0 Å². The SMILES string of the molecule is CCCNC(=O)c1ccnc(C(=O)N2CCc3ccccc32)c1. The Bertz CT molecular complexity index is 743. The van der Waals surface area contributed by atoms with Gasteiger partial charge in [-0.1, -0.05) is 25.1 Å². The minimum absolute atomic E-state index is 0.167. The number of nitrogens with zero attached hydrogens (tertiary/aromatic N) is 2. The van der Waals surface area contributed by atoms with Gasteiger partial charge < -0.3 is 10.2 Å². The van der Waals surface area contributed by atoms with Crippen LogP contribution in [0.3, 0.4) is 0 Å². The third kappa shape index (κ3) is 3.08. The molecule has 5 heteroatoms. The van der Waals surface area contributed by atoms with Crippen molar-refractivity contribution in [2.45, 2.75) is 19.8 Å². The molecule has 3 rings (SSSR count). The second-order valence-electron chi connectivity index (χ2n) is 5.52. The number of aromatic nitrogens is 1. The van der Waals surface area contributed by atoms with Gasteiger partial charge >= 0.3 is 0 Å². The van der Waals surface area contributed by atoms with Crippen molar-refractivity contribution < 1.29 is 9.59 Å². The van der Waals surface area contributed by atoms with E-state index in [0.717, 1.165) is 24.1 Å².